The third-order valence-corrected chi connectivity index (χ3v) is 4.00. The summed E-state index contributed by atoms with van der Waals surface area (Å²) in [5.41, 5.74) is 0.793. The SMILES string of the molecule is C[C@@H](CN1CCOCC1)NC(=O)CCc1nc(-c2cccnc2)no1. The molecule has 0 saturated carbocycles. The molecule has 0 bridgehead atoms. The molecule has 1 atom stereocenters. The maximum absolute atomic E-state index is 12.1. The van der Waals surface area contributed by atoms with Crippen molar-refractivity contribution in [3.05, 3.63) is 30.4 Å². The molecule has 3 rings (SSSR count). The highest BCUT2D eigenvalue weighted by atomic mass is 16.5. The highest BCUT2D eigenvalue weighted by Gasteiger charge is 2.16. The molecule has 2 aromatic heterocycles. The van der Waals surface area contributed by atoms with Gasteiger partial charge in [-0.3, -0.25) is 14.7 Å². The summed E-state index contributed by atoms with van der Waals surface area (Å²) in [6, 6.07) is 3.77. The summed E-state index contributed by atoms with van der Waals surface area (Å²) in [6.07, 6.45) is 4.10. The Hall–Kier alpha value is -2.32. The van der Waals surface area contributed by atoms with Crippen LogP contribution in [0.25, 0.3) is 11.4 Å². The van der Waals surface area contributed by atoms with E-state index in [0.29, 0.717) is 24.6 Å². The van der Waals surface area contributed by atoms with Crippen LogP contribution in [0.1, 0.15) is 19.2 Å². The number of aryl methyl sites for hydroxylation is 1. The van der Waals surface area contributed by atoms with Gasteiger partial charge in [-0.15, -0.1) is 0 Å². The lowest BCUT2D eigenvalue weighted by molar-refractivity contribution is -0.121. The molecule has 1 N–H and O–H groups in total. The fourth-order valence-corrected chi connectivity index (χ4v) is 2.75. The predicted octanol–water partition coefficient (Wildman–Crippen LogP) is 0.901. The van der Waals surface area contributed by atoms with Crippen molar-refractivity contribution in [2.45, 2.75) is 25.8 Å². The summed E-state index contributed by atoms with van der Waals surface area (Å²) < 4.78 is 10.5. The fourth-order valence-electron chi connectivity index (χ4n) is 2.75. The third kappa shape index (κ3) is 5.33. The zero-order valence-electron chi connectivity index (χ0n) is 14.4. The number of carbonyl (C=O) groups excluding carboxylic acids is 1. The zero-order valence-corrected chi connectivity index (χ0v) is 14.4. The number of carbonyl (C=O) groups is 1. The van der Waals surface area contributed by atoms with Gasteiger partial charge in [0, 0.05) is 56.5 Å². The van der Waals surface area contributed by atoms with Crippen molar-refractivity contribution in [1.29, 1.82) is 0 Å². The number of hydrogen-bond donors (Lipinski definition) is 1. The minimum absolute atomic E-state index is 0.0121. The summed E-state index contributed by atoms with van der Waals surface area (Å²) in [6.45, 7) is 6.20. The van der Waals surface area contributed by atoms with Crippen LogP contribution in [-0.4, -0.2) is 64.8 Å². The van der Waals surface area contributed by atoms with Gasteiger partial charge in [-0.05, 0) is 19.1 Å². The Labute approximate surface area is 146 Å². The maximum atomic E-state index is 12.1. The van der Waals surface area contributed by atoms with Gasteiger partial charge in [0.15, 0.2) is 0 Å². The minimum Gasteiger partial charge on any atom is -0.379 e. The molecule has 0 radical (unpaired) electrons. The molecule has 0 aliphatic carbocycles. The number of nitrogens with one attached hydrogen (secondary N) is 1. The average Bonchev–Trinajstić information content (AvgIpc) is 3.10. The van der Waals surface area contributed by atoms with E-state index in [4.69, 9.17) is 9.26 Å². The molecular formula is C17H23N5O3. The van der Waals surface area contributed by atoms with E-state index in [0.717, 1.165) is 38.4 Å². The third-order valence-electron chi connectivity index (χ3n) is 4.00. The van der Waals surface area contributed by atoms with Gasteiger partial charge in [-0.25, -0.2) is 0 Å². The van der Waals surface area contributed by atoms with E-state index in [-0.39, 0.29) is 11.9 Å². The van der Waals surface area contributed by atoms with Crippen molar-refractivity contribution >= 4 is 5.91 Å². The minimum atomic E-state index is -0.0121. The van der Waals surface area contributed by atoms with Gasteiger partial charge in [0.2, 0.25) is 17.6 Å². The summed E-state index contributed by atoms with van der Waals surface area (Å²) in [5, 5.41) is 6.94. The molecular weight excluding hydrogens is 322 g/mol. The summed E-state index contributed by atoms with van der Waals surface area (Å²) in [5.74, 6) is 0.931. The second kappa shape index (κ2) is 8.68. The lowest BCUT2D eigenvalue weighted by Crippen LogP contribution is -2.46. The van der Waals surface area contributed by atoms with E-state index in [9.17, 15) is 4.79 Å². The standard InChI is InChI=1S/C17H23N5O3/c1-13(12-22-7-9-24-10-8-22)19-15(23)4-5-16-20-17(21-25-16)14-3-2-6-18-11-14/h2-3,6,11,13H,4-5,7-10,12H2,1H3,(H,19,23)/t13-/m0/s1. The van der Waals surface area contributed by atoms with E-state index in [1.54, 1.807) is 12.4 Å². The highest BCUT2D eigenvalue weighted by Crippen LogP contribution is 2.14. The normalized spacial score (nSPS) is 16.5. The first-order chi connectivity index (χ1) is 12.2. The topological polar surface area (TPSA) is 93.4 Å². The number of amides is 1. The monoisotopic (exact) mass is 345 g/mol. The van der Waals surface area contributed by atoms with Gasteiger partial charge in [0.05, 0.1) is 13.2 Å². The molecule has 1 aliphatic rings. The van der Waals surface area contributed by atoms with Crippen molar-refractivity contribution in [3.8, 4) is 11.4 Å². The second-order valence-corrected chi connectivity index (χ2v) is 6.13. The van der Waals surface area contributed by atoms with Crippen molar-refractivity contribution in [2.24, 2.45) is 0 Å². The Balaban J connectivity index is 1.42. The van der Waals surface area contributed by atoms with Crippen LogP contribution in [0.4, 0.5) is 0 Å². The summed E-state index contributed by atoms with van der Waals surface area (Å²) in [7, 11) is 0. The smallest absolute Gasteiger partial charge is 0.227 e. The van der Waals surface area contributed by atoms with Crippen LogP contribution in [0, 0.1) is 0 Å². The Kier molecular flexibility index (Phi) is 6.08. The molecule has 1 fully saturated rings. The van der Waals surface area contributed by atoms with E-state index >= 15 is 0 Å². The van der Waals surface area contributed by atoms with Crippen LogP contribution in [0.3, 0.4) is 0 Å². The molecule has 0 aromatic carbocycles. The number of morpholine rings is 1. The number of rotatable bonds is 7. The van der Waals surface area contributed by atoms with Gasteiger partial charge in [0.1, 0.15) is 0 Å². The molecule has 1 aliphatic heterocycles. The largest absolute Gasteiger partial charge is 0.379 e. The molecule has 0 spiro atoms. The molecule has 8 nitrogen and oxygen atoms in total. The van der Waals surface area contributed by atoms with E-state index in [2.05, 4.69) is 25.3 Å². The van der Waals surface area contributed by atoms with Crippen LogP contribution in [0.15, 0.2) is 29.0 Å². The molecule has 134 valence electrons. The predicted molar refractivity (Wildman–Crippen MR) is 90.7 cm³/mol. The number of nitrogens with zero attached hydrogens (tertiary/aromatic N) is 4. The summed E-state index contributed by atoms with van der Waals surface area (Å²) >= 11 is 0. The Morgan fingerprint density at radius 1 is 1.40 bits per heavy atom. The Morgan fingerprint density at radius 3 is 3.00 bits per heavy atom. The highest BCUT2D eigenvalue weighted by molar-refractivity contribution is 5.76. The molecule has 8 heteroatoms. The lowest BCUT2D eigenvalue weighted by Gasteiger charge is -2.29. The van der Waals surface area contributed by atoms with Gasteiger partial charge >= 0.3 is 0 Å². The molecule has 2 aromatic rings. The Morgan fingerprint density at radius 2 is 2.24 bits per heavy atom. The zero-order chi connectivity index (χ0) is 17.5. The quantitative estimate of drug-likeness (QED) is 0.797. The van der Waals surface area contributed by atoms with Crippen molar-refractivity contribution in [2.75, 3.05) is 32.8 Å². The number of aromatic nitrogens is 3. The number of pyridine rings is 1. The molecule has 25 heavy (non-hydrogen) atoms. The van der Waals surface area contributed by atoms with Crippen LogP contribution in [-0.2, 0) is 16.0 Å². The van der Waals surface area contributed by atoms with Crippen LogP contribution < -0.4 is 5.32 Å². The van der Waals surface area contributed by atoms with Gasteiger partial charge < -0.3 is 14.6 Å². The molecule has 1 saturated heterocycles. The van der Waals surface area contributed by atoms with Crippen molar-refractivity contribution in [1.82, 2.24) is 25.3 Å². The van der Waals surface area contributed by atoms with Crippen LogP contribution in [0.2, 0.25) is 0 Å². The molecule has 0 unspecified atom stereocenters. The van der Waals surface area contributed by atoms with E-state index in [1.807, 2.05) is 19.1 Å². The maximum Gasteiger partial charge on any atom is 0.227 e. The first kappa shape index (κ1) is 17.5. The number of ether oxygens (including phenoxy) is 1. The average molecular weight is 345 g/mol. The van der Waals surface area contributed by atoms with Gasteiger partial charge in [-0.1, -0.05) is 5.16 Å². The van der Waals surface area contributed by atoms with Gasteiger partial charge in [-0.2, -0.15) is 4.98 Å². The molecule has 3 heterocycles. The van der Waals surface area contributed by atoms with Crippen molar-refractivity contribution < 1.29 is 14.1 Å². The Bertz CT molecular complexity index is 670. The fraction of sp³-hybridized carbons (Fsp3) is 0.529. The van der Waals surface area contributed by atoms with Crippen molar-refractivity contribution in [3.63, 3.8) is 0 Å². The van der Waals surface area contributed by atoms with E-state index < -0.39 is 0 Å². The lowest BCUT2D eigenvalue weighted by atomic mass is 10.2. The number of hydrogen-bond acceptors (Lipinski definition) is 7. The van der Waals surface area contributed by atoms with Gasteiger partial charge in [0.25, 0.3) is 0 Å². The van der Waals surface area contributed by atoms with Crippen LogP contribution in [0.5, 0.6) is 0 Å². The van der Waals surface area contributed by atoms with E-state index in [1.165, 1.54) is 0 Å². The molecule has 1 amide bonds. The first-order valence-corrected chi connectivity index (χ1v) is 8.53. The first-order valence-electron chi connectivity index (χ1n) is 8.53. The van der Waals surface area contributed by atoms with Crippen LogP contribution >= 0.6 is 0 Å². The second-order valence-electron chi connectivity index (χ2n) is 6.13. The summed E-state index contributed by atoms with van der Waals surface area (Å²) in [4.78, 5) is 22.7.